The van der Waals surface area contributed by atoms with E-state index in [9.17, 15) is 0 Å². The van der Waals surface area contributed by atoms with Gasteiger partial charge in [-0.3, -0.25) is 0 Å². The van der Waals surface area contributed by atoms with Crippen molar-refractivity contribution in [3.05, 3.63) is 106 Å². The summed E-state index contributed by atoms with van der Waals surface area (Å²) in [4.78, 5) is 0. The average Bonchev–Trinajstić information content (AvgIpc) is 2.57. The van der Waals surface area contributed by atoms with Gasteiger partial charge in [-0.15, -0.1) is 0 Å². The first-order valence-electron chi connectivity index (χ1n) is 8.48. The number of rotatable bonds is 0. The normalized spacial score (nSPS) is 8.88. The van der Waals surface area contributed by atoms with Crippen LogP contribution in [0.3, 0.4) is 0 Å². The van der Waals surface area contributed by atoms with E-state index < -0.39 is 0 Å². The van der Waals surface area contributed by atoms with Crippen LogP contribution in [0.25, 0.3) is 0 Å². The Hall–Kier alpha value is -1.91. The van der Waals surface area contributed by atoms with Crippen LogP contribution in [-0.4, -0.2) is 0 Å². The molecule has 0 radical (unpaired) electrons. The second-order valence-corrected chi connectivity index (χ2v) is 6.25. The fourth-order valence-corrected chi connectivity index (χ4v) is 1.99. The summed E-state index contributed by atoms with van der Waals surface area (Å²) in [6, 6.07) is 25.1. The SMILES string of the molecule is Cc1ccccc1C.Cc1ccccc1C.Cc1ccccc1C.P. The van der Waals surface area contributed by atoms with Crippen molar-refractivity contribution in [3.63, 3.8) is 0 Å². The van der Waals surface area contributed by atoms with Gasteiger partial charge in [-0.05, 0) is 74.9 Å². The Balaban J connectivity index is 0.000000339. The van der Waals surface area contributed by atoms with Crippen molar-refractivity contribution in [2.75, 3.05) is 0 Å². The molecule has 0 fully saturated rings. The molecule has 0 spiro atoms. The number of aryl methyl sites for hydroxylation is 6. The molecule has 134 valence electrons. The van der Waals surface area contributed by atoms with Gasteiger partial charge >= 0.3 is 0 Å². The first-order chi connectivity index (χ1) is 11.4. The summed E-state index contributed by atoms with van der Waals surface area (Å²) in [5, 5.41) is 0. The average molecular weight is 353 g/mol. The van der Waals surface area contributed by atoms with E-state index in [0.29, 0.717) is 0 Å². The van der Waals surface area contributed by atoms with Crippen LogP contribution in [0.2, 0.25) is 0 Å². The van der Waals surface area contributed by atoms with Crippen LogP contribution < -0.4 is 0 Å². The minimum absolute atomic E-state index is 0. The number of hydrogen-bond acceptors (Lipinski definition) is 0. The van der Waals surface area contributed by atoms with Gasteiger partial charge in [0, 0.05) is 0 Å². The van der Waals surface area contributed by atoms with Gasteiger partial charge in [0.15, 0.2) is 0 Å². The molecule has 1 heteroatoms. The van der Waals surface area contributed by atoms with E-state index in [4.69, 9.17) is 0 Å². The van der Waals surface area contributed by atoms with Crippen LogP contribution in [0.15, 0.2) is 72.8 Å². The predicted molar refractivity (Wildman–Crippen MR) is 119 cm³/mol. The van der Waals surface area contributed by atoms with Crippen LogP contribution in [0.4, 0.5) is 0 Å². The van der Waals surface area contributed by atoms with E-state index in [-0.39, 0.29) is 9.90 Å². The molecule has 0 saturated heterocycles. The van der Waals surface area contributed by atoms with Crippen molar-refractivity contribution in [1.29, 1.82) is 0 Å². The first-order valence-corrected chi connectivity index (χ1v) is 8.48. The molecule has 0 aliphatic heterocycles. The fraction of sp³-hybridized carbons (Fsp3) is 0.250. The topological polar surface area (TPSA) is 0 Å². The molecule has 3 aromatic rings. The minimum Gasteiger partial charge on any atom is -0.153 e. The summed E-state index contributed by atoms with van der Waals surface area (Å²) >= 11 is 0. The van der Waals surface area contributed by atoms with E-state index in [1.807, 2.05) is 0 Å². The lowest BCUT2D eigenvalue weighted by atomic mass is 10.1. The second-order valence-electron chi connectivity index (χ2n) is 6.25. The molecule has 0 amide bonds. The van der Waals surface area contributed by atoms with E-state index in [1.165, 1.54) is 33.4 Å². The highest BCUT2D eigenvalue weighted by atomic mass is 31.0. The van der Waals surface area contributed by atoms with Gasteiger partial charge in [0.2, 0.25) is 0 Å². The second kappa shape index (κ2) is 12.5. The summed E-state index contributed by atoms with van der Waals surface area (Å²) in [5.74, 6) is 0. The summed E-state index contributed by atoms with van der Waals surface area (Å²) < 4.78 is 0. The third-order valence-electron chi connectivity index (χ3n) is 4.28. The molecule has 0 saturated carbocycles. The van der Waals surface area contributed by atoms with Crippen molar-refractivity contribution in [2.45, 2.75) is 41.5 Å². The van der Waals surface area contributed by atoms with Crippen molar-refractivity contribution in [2.24, 2.45) is 0 Å². The highest BCUT2D eigenvalue weighted by Crippen LogP contribution is 2.04. The zero-order valence-electron chi connectivity index (χ0n) is 16.6. The fourth-order valence-electron chi connectivity index (χ4n) is 1.99. The Morgan fingerprint density at radius 3 is 0.520 bits per heavy atom. The van der Waals surface area contributed by atoms with Crippen LogP contribution in [0.5, 0.6) is 0 Å². The lowest BCUT2D eigenvalue weighted by molar-refractivity contribution is 1.34. The molecule has 3 rings (SSSR count). The standard InChI is InChI=1S/3C8H10.H3P/c3*1-7-5-3-4-6-8(7)2;/h3*3-6H,1-2H3;1H3. The molecule has 0 bridgehead atoms. The maximum atomic E-state index is 2.12. The van der Waals surface area contributed by atoms with Gasteiger partial charge in [-0.2, -0.15) is 9.90 Å². The largest absolute Gasteiger partial charge is 0.153 e. The van der Waals surface area contributed by atoms with Gasteiger partial charge < -0.3 is 0 Å². The zero-order valence-corrected chi connectivity index (χ0v) is 18.0. The molecule has 1 atom stereocenters. The summed E-state index contributed by atoms with van der Waals surface area (Å²) in [6.45, 7) is 12.7. The highest BCUT2D eigenvalue weighted by molar-refractivity contribution is 6.92. The molecule has 25 heavy (non-hydrogen) atoms. The smallest absolute Gasteiger partial charge is 0.0395 e. The zero-order chi connectivity index (χ0) is 17.9. The third-order valence-corrected chi connectivity index (χ3v) is 4.28. The molecule has 3 aromatic carbocycles. The van der Waals surface area contributed by atoms with E-state index in [0.717, 1.165) is 0 Å². The quantitative estimate of drug-likeness (QED) is 0.383. The Kier molecular flexibility index (Phi) is 11.5. The predicted octanol–water partition coefficient (Wildman–Crippen LogP) is 6.97. The molecule has 0 nitrogen and oxygen atoms in total. The highest BCUT2D eigenvalue weighted by Gasteiger charge is 1.85. The van der Waals surface area contributed by atoms with Gasteiger partial charge in [-0.1, -0.05) is 72.8 Å². The van der Waals surface area contributed by atoms with Crippen LogP contribution in [0.1, 0.15) is 33.4 Å². The maximum Gasteiger partial charge on any atom is -0.0395 e. The van der Waals surface area contributed by atoms with Crippen molar-refractivity contribution >= 4 is 9.90 Å². The molecular formula is C24H33P. The third kappa shape index (κ3) is 9.22. The van der Waals surface area contributed by atoms with E-state index in [2.05, 4.69) is 114 Å². The summed E-state index contributed by atoms with van der Waals surface area (Å²) in [6.07, 6.45) is 0. The Bertz CT molecular complexity index is 578. The van der Waals surface area contributed by atoms with Crippen molar-refractivity contribution in [1.82, 2.24) is 0 Å². The molecule has 0 N–H and O–H groups in total. The molecular weight excluding hydrogens is 319 g/mol. The van der Waals surface area contributed by atoms with Crippen LogP contribution in [0, 0.1) is 41.5 Å². The molecule has 0 aliphatic carbocycles. The van der Waals surface area contributed by atoms with Gasteiger partial charge in [0.25, 0.3) is 0 Å². The number of benzene rings is 3. The van der Waals surface area contributed by atoms with Gasteiger partial charge in [-0.25, -0.2) is 0 Å². The maximum absolute atomic E-state index is 2.12. The van der Waals surface area contributed by atoms with E-state index in [1.54, 1.807) is 0 Å². The Morgan fingerprint density at radius 2 is 0.440 bits per heavy atom. The van der Waals surface area contributed by atoms with Crippen LogP contribution in [-0.2, 0) is 0 Å². The van der Waals surface area contributed by atoms with E-state index >= 15 is 0 Å². The summed E-state index contributed by atoms with van der Waals surface area (Å²) in [7, 11) is 0. The minimum atomic E-state index is 0. The Labute approximate surface area is 157 Å². The Morgan fingerprint density at radius 1 is 0.320 bits per heavy atom. The molecule has 0 aromatic heterocycles. The summed E-state index contributed by atoms with van der Waals surface area (Å²) in [5.41, 5.74) is 8.21. The molecule has 1 unspecified atom stereocenters. The van der Waals surface area contributed by atoms with Gasteiger partial charge in [0.1, 0.15) is 0 Å². The molecule has 0 heterocycles. The lowest BCUT2D eigenvalue weighted by Crippen LogP contribution is -1.74. The van der Waals surface area contributed by atoms with Crippen LogP contribution >= 0.6 is 9.90 Å². The monoisotopic (exact) mass is 352 g/mol. The molecule has 0 aliphatic rings. The lowest BCUT2D eigenvalue weighted by Gasteiger charge is -1.93. The first kappa shape index (κ1) is 23.1. The number of hydrogen-bond donors (Lipinski definition) is 0. The van der Waals surface area contributed by atoms with Gasteiger partial charge in [0.05, 0.1) is 0 Å². The van der Waals surface area contributed by atoms with Crippen molar-refractivity contribution in [3.8, 4) is 0 Å². The van der Waals surface area contributed by atoms with Crippen molar-refractivity contribution < 1.29 is 0 Å².